The maximum Gasteiger partial charge on any atom is 0.416 e. The Kier molecular flexibility index (Phi) is 5.75. The number of carbonyl (C=O) groups is 1. The summed E-state index contributed by atoms with van der Waals surface area (Å²) in [5.74, 6) is -0.355. The molecule has 1 saturated heterocycles. The summed E-state index contributed by atoms with van der Waals surface area (Å²) in [5.41, 5.74) is 0.838. The number of benzene rings is 1. The van der Waals surface area contributed by atoms with Crippen LogP contribution in [0.3, 0.4) is 0 Å². The molecule has 2 aromatic heterocycles. The molecule has 34 heavy (non-hydrogen) atoms. The lowest BCUT2D eigenvalue weighted by Crippen LogP contribution is -2.35. The molecule has 1 fully saturated rings. The molecule has 5 nitrogen and oxygen atoms in total. The van der Waals surface area contributed by atoms with Crippen LogP contribution in [0, 0.1) is 6.92 Å². The van der Waals surface area contributed by atoms with Crippen molar-refractivity contribution < 1.29 is 18.0 Å². The number of hydrogen-bond donors (Lipinski definition) is 0. The summed E-state index contributed by atoms with van der Waals surface area (Å²) in [6, 6.07) is 10.5. The van der Waals surface area contributed by atoms with Gasteiger partial charge in [-0.15, -0.1) is 11.8 Å². The number of amides is 1. The molecule has 0 radical (unpaired) electrons. The van der Waals surface area contributed by atoms with Gasteiger partial charge in [0.1, 0.15) is 5.56 Å². The molecule has 176 valence electrons. The van der Waals surface area contributed by atoms with E-state index in [1.807, 2.05) is 12.1 Å². The third-order valence-corrected chi connectivity index (χ3v) is 7.59. The highest BCUT2D eigenvalue weighted by molar-refractivity contribution is 7.99. The fraction of sp³-hybridized carbons (Fsp3) is 0.320. The van der Waals surface area contributed by atoms with Crippen molar-refractivity contribution in [3.05, 3.63) is 87.1 Å². The molecular weight excluding hydrogens is 463 g/mol. The van der Waals surface area contributed by atoms with Crippen molar-refractivity contribution in [3.8, 4) is 5.69 Å². The number of rotatable bonds is 2. The number of aromatic nitrogens is 2. The summed E-state index contributed by atoms with van der Waals surface area (Å²) in [7, 11) is 0. The number of likely N-dealkylation sites (tertiary alicyclic amines) is 1. The first-order valence-electron chi connectivity index (χ1n) is 11.1. The molecule has 3 aromatic rings. The fourth-order valence-electron chi connectivity index (χ4n) is 4.70. The van der Waals surface area contributed by atoms with Crippen LogP contribution in [0.4, 0.5) is 13.2 Å². The number of halogens is 3. The lowest BCUT2D eigenvalue weighted by Gasteiger charge is -2.23. The van der Waals surface area contributed by atoms with Gasteiger partial charge in [-0.2, -0.15) is 13.2 Å². The Hall–Kier alpha value is -3.07. The van der Waals surface area contributed by atoms with Crippen molar-refractivity contribution >= 4 is 17.7 Å². The average Bonchev–Trinajstić information content (AvgIpc) is 3.28. The van der Waals surface area contributed by atoms with Gasteiger partial charge in [0.05, 0.1) is 22.2 Å². The van der Waals surface area contributed by atoms with E-state index in [0.29, 0.717) is 35.1 Å². The van der Waals surface area contributed by atoms with Crippen LogP contribution in [-0.4, -0.2) is 33.4 Å². The molecule has 9 heteroatoms. The summed E-state index contributed by atoms with van der Waals surface area (Å²) in [5, 5.41) is -0.281. The molecule has 2 aliphatic heterocycles. The van der Waals surface area contributed by atoms with Gasteiger partial charge in [0.15, 0.2) is 5.43 Å². The van der Waals surface area contributed by atoms with Gasteiger partial charge in [-0.1, -0.05) is 6.07 Å². The van der Waals surface area contributed by atoms with Gasteiger partial charge in [0, 0.05) is 48.1 Å². The normalized spacial score (nSPS) is 17.8. The zero-order chi connectivity index (χ0) is 24.0. The largest absolute Gasteiger partial charge is 0.416 e. The highest BCUT2D eigenvalue weighted by Gasteiger charge is 2.35. The highest BCUT2D eigenvalue weighted by Crippen LogP contribution is 2.45. The van der Waals surface area contributed by atoms with E-state index in [2.05, 4.69) is 4.98 Å². The van der Waals surface area contributed by atoms with Crippen LogP contribution < -0.4 is 5.43 Å². The van der Waals surface area contributed by atoms with Crippen molar-refractivity contribution in [2.75, 3.05) is 13.1 Å². The predicted octanol–water partition coefficient (Wildman–Crippen LogP) is 5.19. The van der Waals surface area contributed by atoms with Crippen LogP contribution in [0.25, 0.3) is 5.69 Å². The Balaban J connectivity index is 1.78. The molecule has 4 heterocycles. The first-order valence-corrected chi connectivity index (χ1v) is 12.0. The number of thioether (sulfide) groups is 1. The second-order valence-electron chi connectivity index (χ2n) is 8.55. The topological polar surface area (TPSA) is 55.2 Å². The second kappa shape index (κ2) is 8.61. The Morgan fingerprint density at radius 2 is 1.88 bits per heavy atom. The zero-order valence-corrected chi connectivity index (χ0v) is 19.2. The van der Waals surface area contributed by atoms with Crippen molar-refractivity contribution in [2.24, 2.45) is 0 Å². The SMILES string of the molecule is Cc1cc(=O)c(C(=O)N2CCCC2)c2n1-c1cc(C(F)(F)F)ccc1SC(c1ccccn1)C2. The number of hydrogen-bond acceptors (Lipinski definition) is 4. The van der Waals surface area contributed by atoms with Crippen LogP contribution in [-0.2, 0) is 12.6 Å². The predicted molar refractivity (Wildman–Crippen MR) is 123 cm³/mol. The van der Waals surface area contributed by atoms with E-state index in [4.69, 9.17) is 0 Å². The first kappa shape index (κ1) is 22.7. The van der Waals surface area contributed by atoms with E-state index in [9.17, 15) is 22.8 Å². The number of fused-ring (bicyclic) bond motifs is 3. The first-order chi connectivity index (χ1) is 16.2. The fourth-order valence-corrected chi connectivity index (χ4v) is 5.92. The molecular formula is C25H22F3N3O2S. The molecule has 1 aromatic carbocycles. The van der Waals surface area contributed by atoms with E-state index in [1.54, 1.807) is 28.7 Å². The molecule has 1 unspecified atom stereocenters. The Labute approximate surface area is 198 Å². The van der Waals surface area contributed by atoms with Crippen LogP contribution >= 0.6 is 11.8 Å². The molecule has 0 aliphatic carbocycles. The number of pyridine rings is 2. The quantitative estimate of drug-likeness (QED) is 0.502. The van der Waals surface area contributed by atoms with Crippen molar-refractivity contribution in [3.63, 3.8) is 0 Å². The van der Waals surface area contributed by atoms with Crippen molar-refractivity contribution in [1.29, 1.82) is 0 Å². The molecule has 2 aliphatic rings. The maximum absolute atomic E-state index is 13.6. The van der Waals surface area contributed by atoms with Gasteiger partial charge in [-0.25, -0.2) is 0 Å². The molecule has 1 amide bonds. The molecule has 5 rings (SSSR count). The van der Waals surface area contributed by atoms with Crippen molar-refractivity contribution in [1.82, 2.24) is 14.5 Å². The summed E-state index contributed by atoms with van der Waals surface area (Å²) in [6.45, 7) is 2.82. The van der Waals surface area contributed by atoms with Crippen LogP contribution in [0.5, 0.6) is 0 Å². The minimum Gasteiger partial charge on any atom is -0.338 e. The van der Waals surface area contributed by atoms with Gasteiger partial charge in [-0.05, 0) is 50.1 Å². The smallest absolute Gasteiger partial charge is 0.338 e. The minimum atomic E-state index is -4.52. The number of carbonyl (C=O) groups excluding carboxylic acids is 1. The van der Waals surface area contributed by atoms with Gasteiger partial charge in [0.2, 0.25) is 0 Å². The lowest BCUT2D eigenvalue weighted by molar-refractivity contribution is -0.137. The summed E-state index contributed by atoms with van der Waals surface area (Å²) >= 11 is 1.40. The van der Waals surface area contributed by atoms with Gasteiger partial charge in [0.25, 0.3) is 5.91 Å². The van der Waals surface area contributed by atoms with Gasteiger partial charge >= 0.3 is 6.18 Å². The van der Waals surface area contributed by atoms with Gasteiger partial charge in [-0.3, -0.25) is 14.6 Å². The second-order valence-corrected chi connectivity index (χ2v) is 9.80. The Morgan fingerprint density at radius 3 is 2.56 bits per heavy atom. The van der Waals surface area contributed by atoms with Crippen molar-refractivity contribution in [2.45, 2.75) is 42.5 Å². The highest BCUT2D eigenvalue weighted by atomic mass is 32.2. The summed E-state index contributed by atoms with van der Waals surface area (Å²) < 4.78 is 42.5. The molecule has 0 N–H and O–H groups in total. The van der Waals surface area contributed by atoms with Gasteiger partial charge < -0.3 is 9.47 Å². The Morgan fingerprint density at radius 1 is 1.12 bits per heavy atom. The van der Waals surface area contributed by atoms with E-state index < -0.39 is 17.2 Å². The third kappa shape index (κ3) is 4.02. The average molecular weight is 486 g/mol. The van der Waals surface area contributed by atoms with Crippen LogP contribution in [0.1, 0.15) is 51.1 Å². The van der Waals surface area contributed by atoms with E-state index in [0.717, 1.165) is 30.7 Å². The maximum atomic E-state index is 13.6. The minimum absolute atomic E-state index is 0.0410. The van der Waals surface area contributed by atoms with Crippen LogP contribution in [0.15, 0.2) is 58.4 Å². The standard InChI is InChI=1S/C25H22F3N3O2S/c1-15-12-20(32)23(24(33)30-10-4-5-11-30)19-14-22(17-6-2-3-9-29-17)34-21-8-7-16(25(26,27)28)13-18(21)31(15)19/h2-3,6-9,12-13,22H,4-5,10-11,14H2,1H3. The Bertz CT molecular complexity index is 1320. The summed E-state index contributed by atoms with van der Waals surface area (Å²) in [4.78, 5) is 33.3. The van der Waals surface area contributed by atoms with E-state index in [-0.39, 0.29) is 23.1 Å². The molecule has 0 spiro atoms. The molecule has 1 atom stereocenters. The summed E-state index contributed by atoms with van der Waals surface area (Å²) in [6.07, 6.45) is -0.845. The molecule has 0 bridgehead atoms. The molecule has 0 saturated carbocycles. The van der Waals surface area contributed by atoms with E-state index in [1.165, 1.54) is 23.9 Å². The van der Waals surface area contributed by atoms with E-state index >= 15 is 0 Å². The third-order valence-electron chi connectivity index (χ3n) is 6.30. The number of aryl methyl sites for hydroxylation is 1. The van der Waals surface area contributed by atoms with Crippen LogP contribution in [0.2, 0.25) is 0 Å². The lowest BCUT2D eigenvalue weighted by atomic mass is 10.0. The number of nitrogens with zero attached hydrogens (tertiary/aromatic N) is 3. The number of alkyl halides is 3. The monoisotopic (exact) mass is 485 g/mol. The zero-order valence-electron chi connectivity index (χ0n) is 18.4.